The molecular weight excluding hydrogens is 424 g/mol. The molecule has 0 unspecified atom stereocenters. The second-order valence-corrected chi connectivity index (χ2v) is 7.57. The number of primary amides is 1. The van der Waals surface area contributed by atoms with E-state index < -0.39 is 17.9 Å². The fraction of sp³-hybridized carbons (Fsp3) is 0.217. The van der Waals surface area contributed by atoms with Gasteiger partial charge in [-0.1, -0.05) is 30.8 Å². The number of carbonyl (C=O) groups excluding carboxylic acids is 2. The van der Waals surface area contributed by atoms with Crippen molar-refractivity contribution >= 4 is 23.5 Å². The van der Waals surface area contributed by atoms with Gasteiger partial charge in [-0.3, -0.25) is 9.59 Å². The molecule has 170 valence electrons. The van der Waals surface area contributed by atoms with E-state index in [4.69, 9.17) is 15.2 Å². The second-order valence-electron chi connectivity index (χ2n) is 7.57. The highest BCUT2D eigenvalue weighted by Crippen LogP contribution is 2.40. The molecule has 2 heterocycles. The number of hydrogen-bond acceptors (Lipinski definition) is 7. The molecule has 1 aromatic heterocycles. The Morgan fingerprint density at radius 1 is 1.24 bits per heavy atom. The third-order valence-electron chi connectivity index (χ3n) is 5.38. The Morgan fingerprint density at radius 2 is 2.03 bits per heavy atom. The quantitative estimate of drug-likeness (QED) is 0.505. The van der Waals surface area contributed by atoms with Gasteiger partial charge in [0.25, 0.3) is 5.91 Å². The van der Waals surface area contributed by atoms with Crippen LogP contribution in [0.3, 0.4) is 0 Å². The minimum absolute atomic E-state index is 0.249. The number of aromatic nitrogens is 3. The van der Waals surface area contributed by atoms with E-state index in [1.54, 1.807) is 22.9 Å². The normalized spacial score (nSPS) is 17.0. The van der Waals surface area contributed by atoms with Gasteiger partial charge in [0, 0.05) is 11.4 Å². The number of hydrogen-bond donors (Lipinski definition) is 3. The van der Waals surface area contributed by atoms with Gasteiger partial charge in [0.15, 0.2) is 18.1 Å². The van der Waals surface area contributed by atoms with E-state index in [1.807, 2.05) is 31.2 Å². The Morgan fingerprint density at radius 3 is 2.76 bits per heavy atom. The number of ether oxygens (including phenoxy) is 2. The molecule has 4 rings (SSSR count). The van der Waals surface area contributed by atoms with Gasteiger partial charge in [0.05, 0.1) is 13.2 Å². The second kappa shape index (κ2) is 9.03. The van der Waals surface area contributed by atoms with Crippen LogP contribution in [0.2, 0.25) is 0 Å². The van der Waals surface area contributed by atoms with Crippen LogP contribution in [0, 0.1) is 12.8 Å². The number of nitrogens with one attached hydrogen (secondary N) is 2. The summed E-state index contributed by atoms with van der Waals surface area (Å²) in [5.74, 6) is -0.346. The van der Waals surface area contributed by atoms with Crippen LogP contribution in [0.4, 0.5) is 11.6 Å². The molecule has 0 spiro atoms. The summed E-state index contributed by atoms with van der Waals surface area (Å²) in [4.78, 5) is 28.8. The number of aryl methyl sites for hydroxylation is 1. The van der Waals surface area contributed by atoms with E-state index >= 15 is 0 Å². The van der Waals surface area contributed by atoms with Crippen molar-refractivity contribution in [1.82, 2.24) is 14.8 Å². The lowest BCUT2D eigenvalue weighted by molar-refractivity contribution is -0.120. The number of benzene rings is 2. The summed E-state index contributed by atoms with van der Waals surface area (Å²) in [6.07, 6.45) is 1.41. The van der Waals surface area contributed by atoms with Crippen molar-refractivity contribution in [1.29, 1.82) is 0 Å². The number of fused-ring (bicyclic) bond motifs is 1. The monoisotopic (exact) mass is 448 g/mol. The van der Waals surface area contributed by atoms with E-state index in [-0.39, 0.29) is 12.5 Å². The SMILES string of the molecule is C=C1Nc2ncnn2[C@H](c2ccc(OCC(N)=O)c(OC)c2)[C@H]1C(=O)Nc1ccccc1C. The summed E-state index contributed by atoms with van der Waals surface area (Å²) in [6.45, 7) is 5.72. The average Bonchev–Trinajstić information content (AvgIpc) is 3.26. The molecule has 0 fully saturated rings. The van der Waals surface area contributed by atoms with Gasteiger partial charge in [-0.25, -0.2) is 4.68 Å². The zero-order valence-electron chi connectivity index (χ0n) is 18.2. The Labute approximate surface area is 190 Å². The fourth-order valence-corrected chi connectivity index (χ4v) is 3.79. The first-order chi connectivity index (χ1) is 15.9. The molecule has 3 aromatic rings. The van der Waals surface area contributed by atoms with Crippen molar-refractivity contribution in [2.45, 2.75) is 13.0 Å². The molecule has 2 aromatic carbocycles. The highest BCUT2D eigenvalue weighted by Gasteiger charge is 2.40. The predicted octanol–water partition coefficient (Wildman–Crippen LogP) is 2.24. The zero-order valence-corrected chi connectivity index (χ0v) is 18.2. The van der Waals surface area contributed by atoms with Crippen molar-refractivity contribution in [3.63, 3.8) is 0 Å². The lowest BCUT2D eigenvalue weighted by atomic mass is 9.88. The molecule has 10 nitrogen and oxygen atoms in total. The average molecular weight is 448 g/mol. The summed E-state index contributed by atoms with van der Waals surface area (Å²) in [6, 6.07) is 12.2. The van der Waals surface area contributed by atoms with Crippen LogP contribution in [0.5, 0.6) is 11.5 Å². The number of nitrogens with zero attached hydrogens (tertiary/aromatic N) is 3. The molecule has 0 aliphatic carbocycles. The fourth-order valence-electron chi connectivity index (χ4n) is 3.79. The largest absolute Gasteiger partial charge is 0.493 e. The third kappa shape index (κ3) is 4.36. The first-order valence-corrected chi connectivity index (χ1v) is 10.2. The molecular formula is C23H24N6O4. The Hall–Kier alpha value is -4.34. The molecule has 1 aliphatic rings. The molecule has 33 heavy (non-hydrogen) atoms. The van der Waals surface area contributed by atoms with Crippen LogP contribution < -0.4 is 25.8 Å². The van der Waals surface area contributed by atoms with Gasteiger partial charge >= 0.3 is 0 Å². The Bertz CT molecular complexity index is 1220. The van der Waals surface area contributed by atoms with Gasteiger partial charge in [-0.15, -0.1) is 0 Å². The van der Waals surface area contributed by atoms with Crippen molar-refractivity contribution in [2.75, 3.05) is 24.4 Å². The maximum atomic E-state index is 13.5. The molecule has 2 atom stereocenters. The summed E-state index contributed by atoms with van der Waals surface area (Å²) in [5.41, 5.74) is 8.04. The molecule has 0 bridgehead atoms. The highest BCUT2D eigenvalue weighted by atomic mass is 16.5. The topological polar surface area (TPSA) is 133 Å². The first kappa shape index (κ1) is 21.9. The number of carbonyl (C=O) groups is 2. The highest BCUT2D eigenvalue weighted by molar-refractivity contribution is 5.96. The number of para-hydroxylation sites is 1. The van der Waals surface area contributed by atoms with Gasteiger partial charge in [-0.2, -0.15) is 10.1 Å². The van der Waals surface area contributed by atoms with Crippen molar-refractivity contribution < 1.29 is 19.1 Å². The van der Waals surface area contributed by atoms with E-state index in [1.165, 1.54) is 13.4 Å². The summed E-state index contributed by atoms with van der Waals surface area (Å²) < 4.78 is 12.5. The van der Waals surface area contributed by atoms with Gasteiger partial charge in [-0.05, 0) is 36.2 Å². The molecule has 4 N–H and O–H groups in total. The van der Waals surface area contributed by atoms with Crippen LogP contribution in [-0.2, 0) is 9.59 Å². The standard InChI is InChI=1S/C23H24N6O4/c1-13-6-4-5-7-16(13)28-22(31)20-14(2)27-23-25-12-26-29(23)21(20)15-8-9-17(18(10-15)32-3)33-11-19(24)30/h4-10,12,20-21H,2,11H2,1,3H3,(H2,24,30)(H,28,31)(H,25,26,27)/t20-,21+/m0/s1. The minimum Gasteiger partial charge on any atom is -0.493 e. The Kier molecular flexibility index (Phi) is 5.99. The molecule has 2 amide bonds. The molecule has 1 aliphatic heterocycles. The molecule has 0 radical (unpaired) electrons. The van der Waals surface area contributed by atoms with Crippen molar-refractivity contribution in [3.8, 4) is 11.5 Å². The number of methoxy groups -OCH3 is 1. The number of amides is 2. The van der Waals surface area contributed by atoms with Crippen molar-refractivity contribution in [3.05, 3.63) is 72.2 Å². The summed E-state index contributed by atoms with van der Waals surface area (Å²) in [7, 11) is 1.49. The lowest BCUT2D eigenvalue weighted by Gasteiger charge is -2.34. The zero-order chi connectivity index (χ0) is 23.5. The third-order valence-corrected chi connectivity index (χ3v) is 5.38. The first-order valence-electron chi connectivity index (χ1n) is 10.2. The van der Waals surface area contributed by atoms with Crippen LogP contribution in [-0.4, -0.2) is 40.3 Å². The van der Waals surface area contributed by atoms with E-state index in [9.17, 15) is 9.59 Å². The smallest absolute Gasteiger partial charge is 0.255 e. The lowest BCUT2D eigenvalue weighted by Crippen LogP contribution is -2.39. The van der Waals surface area contributed by atoms with Crippen LogP contribution in [0.1, 0.15) is 17.2 Å². The number of rotatable bonds is 7. The number of anilines is 2. The number of nitrogens with two attached hydrogens (primary N) is 1. The van der Waals surface area contributed by atoms with Crippen LogP contribution in [0.25, 0.3) is 0 Å². The predicted molar refractivity (Wildman–Crippen MR) is 122 cm³/mol. The van der Waals surface area contributed by atoms with Gasteiger partial charge in [0.2, 0.25) is 11.9 Å². The van der Waals surface area contributed by atoms with Crippen LogP contribution >= 0.6 is 0 Å². The molecule has 10 heteroatoms. The van der Waals surface area contributed by atoms with Gasteiger partial charge in [0.1, 0.15) is 12.2 Å². The van der Waals surface area contributed by atoms with E-state index in [0.29, 0.717) is 28.8 Å². The molecule has 0 saturated heterocycles. The van der Waals surface area contributed by atoms with Crippen molar-refractivity contribution in [2.24, 2.45) is 11.7 Å². The molecule has 0 saturated carbocycles. The van der Waals surface area contributed by atoms with Crippen LogP contribution in [0.15, 0.2) is 61.1 Å². The van der Waals surface area contributed by atoms with E-state index in [2.05, 4.69) is 27.3 Å². The van der Waals surface area contributed by atoms with Gasteiger partial charge < -0.3 is 25.8 Å². The maximum absolute atomic E-state index is 13.5. The minimum atomic E-state index is -0.707. The van der Waals surface area contributed by atoms with E-state index in [0.717, 1.165) is 11.1 Å². The summed E-state index contributed by atoms with van der Waals surface area (Å²) in [5, 5.41) is 10.4. The summed E-state index contributed by atoms with van der Waals surface area (Å²) >= 11 is 0. The maximum Gasteiger partial charge on any atom is 0.255 e. The Balaban J connectivity index is 1.73.